The van der Waals surface area contributed by atoms with Crippen molar-refractivity contribution in [3.05, 3.63) is 76.0 Å². The lowest BCUT2D eigenvalue weighted by atomic mass is 10.1. The van der Waals surface area contributed by atoms with E-state index in [0.29, 0.717) is 16.8 Å². The largest absolute Gasteiger partial charge is 1.00 e. The zero-order valence-corrected chi connectivity index (χ0v) is 22.2. The van der Waals surface area contributed by atoms with Crippen molar-refractivity contribution < 1.29 is 42.5 Å². The van der Waals surface area contributed by atoms with Crippen molar-refractivity contribution in [2.24, 2.45) is 7.05 Å². The van der Waals surface area contributed by atoms with Gasteiger partial charge in [-0.15, -0.1) is 0 Å². The number of benzene rings is 2. The molecule has 2 N–H and O–H groups in total. The average Bonchev–Trinajstić information content (AvgIpc) is 2.83. The number of aryl methyl sites for hydroxylation is 1. The summed E-state index contributed by atoms with van der Waals surface area (Å²) in [6.07, 6.45) is 3.57. The third kappa shape index (κ3) is 5.65. The molecule has 184 valence electrons. The van der Waals surface area contributed by atoms with Crippen LogP contribution in [0.3, 0.4) is 0 Å². The predicted molar refractivity (Wildman–Crippen MR) is 136 cm³/mol. The number of fused-ring (bicyclic) bond motifs is 2. The van der Waals surface area contributed by atoms with Gasteiger partial charge in [0.15, 0.2) is 0 Å². The summed E-state index contributed by atoms with van der Waals surface area (Å²) in [5.74, 6) is -0.373. The second kappa shape index (κ2) is 11.6. The van der Waals surface area contributed by atoms with Crippen LogP contribution in [-0.4, -0.2) is 31.3 Å². The lowest BCUT2D eigenvalue weighted by molar-refractivity contribution is -0.646. The molecule has 0 fully saturated rings. The monoisotopic (exact) mass is 589 g/mol. The van der Waals surface area contributed by atoms with Crippen LogP contribution >= 0.6 is 0 Å². The highest BCUT2D eigenvalue weighted by molar-refractivity contribution is 5.84. The van der Waals surface area contributed by atoms with E-state index in [1.54, 1.807) is 12.1 Å². The zero-order chi connectivity index (χ0) is 24.2. The Kier molecular flexibility index (Phi) is 8.85. The van der Waals surface area contributed by atoms with Gasteiger partial charge in [-0.3, -0.25) is 0 Å². The molecule has 0 atom stereocenters. The van der Waals surface area contributed by atoms with Crippen LogP contribution < -0.4 is 44.4 Å². The van der Waals surface area contributed by atoms with E-state index in [4.69, 9.17) is 9.52 Å². The molecular formula is C27H29FIN3O3. The number of aliphatic hydroxyl groups excluding tert-OH is 1. The number of halogens is 2. The number of pyridine rings is 1. The fourth-order valence-electron chi connectivity index (χ4n) is 4.11. The Hall–Kier alpha value is -2.98. The maximum absolute atomic E-state index is 14.3. The summed E-state index contributed by atoms with van der Waals surface area (Å²) >= 11 is 0. The molecular weight excluding hydrogens is 560 g/mol. The molecule has 4 rings (SSSR count). The Labute approximate surface area is 220 Å². The number of anilines is 2. The van der Waals surface area contributed by atoms with E-state index in [2.05, 4.69) is 24.1 Å². The van der Waals surface area contributed by atoms with Gasteiger partial charge in [-0.05, 0) is 50.3 Å². The van der Waals surface area contributed by atoms with Gasteiger partial charge in [0.05, 0.1) is 17.9 Å². The highest BCUT2D eigenvalue weighted by Gasteiger charge is 2.14. The summed E-state index contributed by atoms with van der Waals surface area (Å²) in [7, 11) is 1.88. The molecule has 4 aromatic rings. The van der Waals surface area contributed by atoms with Gasteiger partial charge in [-0.2, -0.15) is 4.57 Å². The Bertz CT molecular complexity index is 1430. The van der Waals surface area contributed by atoms with E-state index in [9.17, 15) is 9.18 Å². The molecule has 0 aliphatic heterocycles. The summed E-state index contributed by atoms with van der Waals surface area (Å²) in [4.78, 5) is 14.8. The van der Waals surface area contributed by atoms with Crippen LogP contribution in [0.25, 0.3) is 34.0 Å². The van der Waals surface area contributed by atoms with E-state index >= 15 is 0 Å². The van der Waals surface area contributed by atoms with E-state index in [0.717, 1.165) is 40.8 Å². The maximum atomic E-state index is 14.3. The smallest absolute Gasteiger partial charge is 0.343 e. The number of hydrogen-bond donors (Lipinski definition) is 2. The van der Waals surface area contributed by atoms with E-state index in [1.165, 1.54) is 6.07 Å². The summed E-state index contributed by atoms with van der Waals surface area (Å²) in [6.45, 7) is 6.11. The SMILES string of the molecule is CCN(CC)c1ccc2cc(/C=C/c3ccc4cc(F)c(NCCO)cc4[n+]3C)c(=O)oc2c1.[I-]. The molecule has 8 heteroatoms. The molecule has 2 aromatic carbocycles. The second-order valence-corrected chi connectivity index (χ2v) is 8.08. The average molecular weight is 589 g/mol. The molecule has 0 saturated heterocycles. The van der Waals surface area contributed by atoms with Gasteiger partial charge in [0.2, 0.25) is 11.2 Å². The van der Waals surface area contributed by atoms with Crippen molar-refractivity contribution in [1.82, 2.24) is 0 Å². The molecule has 0 amide bonds. The molecule has 0 spiro atoms. The summed E-state index contributed by atoms with van der Waals surface area (Å²) < 4.78 is 21.9. The molecule has 35 heavy (non-hydrogen) atoms. The fraction of sp³-hybridized carbons (Fsp3) is 0.259. The first-order valence-corrected chi connectivity index (χ1v) is 11.4. The summed E-state index contributed by atoms with van der Waals surface area (Å²) in [5.41, 5.74) is 3.62. The Balaban J connectivity index is 0.00000342. The zero-order valence-electron chi connectivity index (χ0n) is 20.0. The van der Waals surface area contributed by atoms with E-state index < -0.39 is 5.63 Å². The van der Waals surface area contributed by atoms with Gasteiger partial charge in [0.25, 0.3) is 0 Å². The van der Waals surface area contributed by atoms with Crippen LogP contribution in [0.2, 0.25) is 0 Å². The fourth-order valence-corrected chi connectivity index (χ4v) is 4.11. The molecule has 0 aliphatic rings. The molecule has 0 aliphatic carbocycles. The third-order valence-corrected chi connectivity index (χ3v) is 6.03. The molecule has 2 aromatic heterocycles. The highest BCUT2D eigenvalue weighted by Crippen LogP contribution is 2.23. The van der Waals surface area contributed by atoms with Crippen molar-refractivity contribution in [2.45, 2.75) is 13.8 Å². The predicted octanol–water partition coefficient (Wildman–Crippen LogP) is 1.33. The Morgan fingerprint density at radius 3 is 2.51 bits per heavy atom. The van der Waals surface area contributed by atoms with Gasteiger partial charge in [-0.25, -0.2) is 9.18 Å². The number of rotatable bonds is 8. The lowest BCUT2D eigenvalue weighted by Gasteiger charge is -2.20. The van der Waals surface area contributed by atoms with Crippen molar-refractivity contribution in [3.8, 4) is 0 Å². The van der Waals surface area contributed by atoms with Crippen LogP contribution in [0.5, 0.6) is 0 Å². The quantitative estimate of drug-likeness (QED) is 0.185. The van der Waals surface area contributed by atoms with Gasteiger partial charge in [-0.1, -0.05) is 0 Å². The number of nitrogens with zero attached hydrogens (tertiary/aromatic N) is 2. The Morgan fingerprint density at radius 2 is 1.80 bits per heavy atom. The molecule has 0 unspecified atom stereocenters. The van der Waals surface area contributed by atoms with Gasteiger partial charge in [0, 0.05) is 60.4 Å². The molecule has 0 radical (unpaired) electrons. The number of nitrogens with one attached hydrogen (secondary N) is 1. The molecule has 2 heterocycles. The molecule has 0 bridgehead atoms. The van der Waals surface area contributed by atoms with Crippen LogP contribution in [0.1, 0.15) is 25.1 Å². The van der Waals surface area contributed by atoms with Gasteiger partial charge < -0.3 is 43.7 Å². The highest BCUT2D eigenvalue weighted by atomic mass is 127. The van der Waals surface area contributed by atoms with Crippen LogP contribution in [0.4, 0.5) is 15.8 Å². The normalized spacial score (nSPS) is 11.2. The molecule has 0 saturated carbocycles. The minimum absolute atomic E-state index is 0. The minimum Gasteiger partial charge on any atom is -1.00 e. The van der Waals surface area contributed by atoms with Crippen molar-refractivity contribution >= 4 is 45.4 Å². The van der Waals surface area contributed by atoms with Crippen LogP contribution in [0, 0.1) is 5.82 Å². The van der Waals surface area contributed by atoms with Crippen LogP contribution in [0.15, 0.2) is 57.7 Å². The van der Waals surface area contributed by atoms with Crippen LogP contribution in [-0.2, 0) is 7.05 Å². The maximum Gasteiger partial charge on any atom is 0.343 e. The van der Waals surface area contributed by atoms with Gasteiger partial charge in [0.1, 0.15) is 18.4 Å². The summed E-state index contributed by atoms with van der Waals surface area (Å²) in [6, 6.07) is 14.6. The van der Waals surface area contributed by atoms with Crippen molar-refractivity contribution in [3.63, 3.8) is 0 Å². The number of aliphatic hydroxyl groups is 1. The van der Waals surface area contributed by atoms with Gasteiger partial charge >= 0.3 is 5.63 Å². The summed E-state index contributed by atoms with van der Waals surface area (Å²) in [5, 5.41) is 13.5. The lowest BCUT2D eigenvalue weighted by Crippen LogP contribution is -3.00. The first-order chi connectivity index (χ1) is 16.4. The Morgan fingerprint density at radius 1 is 1.06 bits per heavy atom. The molecule has 6 nitrogen and oxygen atoms in total. The standard InChI is InChI=1S/C27H28FN3O3.HI/c1-4-31(5-2)22-11-7-19-14-20(27(33)34-26(19)16-22)8-10-21-9-6-18-15-23(28)24(29-12-13-32)17-25(18)30(21)3;/h6-11,14-17,32H,4-5,12-13H2,1-3H3;1H/b10-8+;. The van der Waals surface area contributed by atoms with E-state index in [1.807, 2.05) is 54.1 Å². The van der Waals surface area contributed by atoms with Crippen molar-refractivity contribution in [2.75, 3.05) is 36.5 Å². The minimum atomic E-state index is -0.401. The van der Waals surface area contributed by atoms with Crippen molar-refractivity contribution in [1.29, 1.82) is 0 Å². The second-order valence-electron chi connectivity index (χ2n) is 8.08. The van der Waals surface area contributed by atoms with E-state index in [-0.39, 0.29) is 42.9 Å². The topological polar surface area (TPSA) is 69.6 Å². The third-order valence-electron chi connectivity index (χ3n) is 6.03. The number of aromatic nitrogens is 1. The number of hydrogen-bond acceptors (Lipinski definition) is 5. The first-order valence-electron chi connectivity index (χ1n) is 11.4. The first kappa shape index (κ1) is 26.6.